The zero-order valence-corrected chi connectivity index (χ0v) is 29.5. The smallest absolute Gasteiger partial charge is 0.164 e. The molecule has 0 aliphatic heterocycles. The van der Waals surface area contributed by atoms with Crippen LogP contribution in [0.15, 0.2) is 212 Å². The molecule has 254 valence electrons. The first kappa shape index (κ1) is 32.7. The quantitative estimate of drug-likeness (QED) is 0.159. The second-order valence-electron chi connectivity index (χ2n) is 13.3. The van der Waals surface area contributed by atoms with E-state index in [0.29, 0.717) is 17.5 Å². The van der Waals surface area contributed by atoms with Crippen LogP contribution in [0.2, 0.25) is 0 Å². The van der Waals surface area contributed by atoms with Gasteiger partial charge in [-0.25, -0.2) is 15.0 Å². The molecule has 0 fully saturated rings. The Morgan fingerprint density at radius 2 is 0.389 bits per heavy atom. The molecule has 0 aliphatic carbocycles. The molecule has 9 rings (SSSR count). The normalized spacial score (nSPS) is 11.0. The molecule has 0 aliphatic rings. The van der Waals surface area contributed by atoms with Crippen molar-refractivity contribution in [3.63, 3.8) is 0 Å². The highest BCUT2D eigenvalue weighted by atomic mass is 15.0. The summed E-state index contributed by atoms with van der Waals surface area (Å²) in [5.74, 6) is 1.90. The molecule has 0 spiro atoms. The van der Waals surface area contributed by atoms with Crippen LogP contribution in [0.1, 0.15) is 0 Å². The molecule has 54 heavy (non-hydrogen) atoms. The lowest BCUT2D eigenvalue weighted by Gasteiger charge is -2.11. The second kappa shape index (κ2) is 14.8. The molecule has 8 aromatic carbocycles. The molecule has 0 atom stereocenters. The van der Waals surface area contributed by atoms with Gasteiger partial charge in [0.05, 0.1) is 0 Å². The first-order valence-electron chi connectivity index (χ1n) is 18.2. The number of nitrogens with zero attached hydrogens (tertiary/aromatic N) is 3. The van der Waals surface area contributed by atoms with E-state index in [0.717, 1.165) is 44.5 Å². The molecule has 9 aromatic rings. The van der Waals surface area contributed by atoms with Gasteiger partial charge in [0.2, 0.25) is 0 Å². The zero-order valence-electron chi connectivity index (χ0n) is 29.5. The van der Waals surface area contributed by atoms with Gasteiger partial charge in [-0.2, -0.15) is 0 Å². The monoisotopic (exact) mass is 689 g/mol. The molecule has 1 heterocycles. The first-order valence-corrected chi connectivity index (χ1v) is 18.2. The fourth-order valence-electron chi connectivity index (χ4n) is 6.87. The summed E-state index contributed by atoms with van der Waals surface area (Å²) < 4.78 is 0. The van der Waals surface area contributed by atoms with E-state index >= 15 is 0 Å². The minimum absolute atomic E-state index is 0.630. The molecule has 1 aromatic heterocycles. The predicted molar refractivity (Wildman–Crippen MR) is 223 cm³/mol. The minimum Gasteiger partial charge on any atom is -0.208 e. The summed E-state index contributed by atoms with van der Waals surface area (Å²) in [4.78, 5) is 15.2. The van der Waals surface area contributed by atoms with Gasteiger partial charge in [0.1, 0.15) is 0 Å². The topological polar surface area (TPSA) is 38.7 Å². The number of hydrogen-bond acceptors (Lipinski definition) is 3. The minimum atomic E-state index is 0.630. The summed E-state index contributed by atoms with van der Waals surface area (Å²) in [7, 11) is 0. The van der Waals surface area contributed by atoms with E-state index < -0.39 is 0 Å². The average Bonchev–Trinajstić information content (AvgIpc) is 3.27. The lowest BCUT2D eigenvalue weighted by Crippen LogP contribution is -2.00. The van der Waals surface area contributed by atoms with E-state index in [1.165, 1.54) is 27.8 Å². The van der Waals surface area contributed by atoms with Gasteiger partial charge in [0.25, 0.3) is 0 Å². The third kappa shape index (κ3) is 6.99. The summed E-state index contributed by atoms with van der Waals surface area (Å²) >= 11 is 0. The molecule has 0 N–H and O–H groups in total. The van der Waals surface area contributed by atoms with Crippen molar-refractivity contribution in [3.8, 4) is 89.8 Å². The molecule has 0 bridgehead atoms. The molecule has 3 heteroatoms. The molecule has 0 radical (unpaired) electrons. The van der Waals surface area contributed by atoms with Crippen LogP contribution in [0, 0.1) is 0 Å². The van der Waals surface area contributed by atoms with Gasteiger partial charge < -0.3 is 0 Å². The Morgan fingerprint density at radius 1 is 0.167 bits per heavy atom. The number of benzene rings is 8. The molecular weight excluding hydrogens is 655 g/mol. The first-order chi connectivity index (χ1) is 26.7. The zero-order chi connectivity index (χ0) is 36.1. The molecule has 0 amide bonds. The fourth-order valence-corrected chi connectivity index (χ4v) is 6.87. The highest BCUT2D eigenvalue weighted by Gasteiger charge is 2.14. The molecular formula is C51H35N3. The highest BCUT2D eigenvalue weighted by Crippen LogP contribution is 2.33. The van der Waals surface area contributed by atoms with Crippen LogP contribution < -0.4 is 0 Å². The van der Waals surface area contributed by atoms with Crippen LogP contribution >= 0.6 is 0 Å². The second-order valence-corrected chi connectivity index (χ2v) is 13.3. The van der Waals surface area contributed by atoms with Crippen LogP contribution in [-0.2, 0) is 0 Å². The van der Waals surface area contributed by atoms with Crippen molar-refractivity contribution in [2.75, 3.05) is 0 Å². The lowest BCUT2D eigenvalue weighted by molar-refractivity contribution is 1.07. The average molecular weight is 690 g/mol. The third-order valence-electron chi connectivity index (χ3n) is 9.76. The Hall–Kier alpha value is -7.23. The highest BCUT2D eigenvalue weighted by molar-refractivity contribution is 5.78. The van der Waals surface area contributed by atoms with Crippen LogP contribution in [0.4, 0.5) is 0 Å². The van der Waals surface area contributed by atoms with Crippen molar-refractivity contribution in [1.29, 1.82) is 0 Å². The summed E-state index contributed by atoms with van der Waals surface area (Å²) in [6.45, 7) is 0. The van der Waals surface area contributed by atoms with Crippen LogP contribution in [0.25, 0.3) is 89.8 Å². The van der Waals surface area contributed by atoms with Gasteiger partial charge in [-0.3, -0.25) is 0 Å². The van der Waals surface area contributed by atoms with E-state index in [2.05, 4.69) is 200 Å². The van der Waals surface area contributed by atoms with Crippen molar-refractivity contribution in [1.82, 2.24) is 15.0 Å². The SMILES string of the molecule is c1ccc(-c2ccc(-c3nc(-c4ccc(-c5cccc(-c6cccc(-c7ccccc7)c6)c5)cc4)nc(-c4cccc(-c5ccccc5)c4)n3)cc2)cc1. The molecule has 0 saturated heterocycles. The van der Waals surface area contributed by atoms with Crippen molar-refractivity contribution >= 4 is 0 Å². The Labute approximate surface area is 316 Å². The number of rotatable bonds is 8. The van der Waals surface area contributed by atoms with E-state index in [1.807, 2.05) is 12.1 Å². The van der Waals surface area contributed by atoms with Gasteiger partial charge in [-0.15, -0.1) is 0 Å². The Kier molecular flexibility index (Phi) is 8.94. The Bertz CT molecular complexity index is 2670. The molecule has 3 nitrogen and oxygen atoms in total. The maximum Gasteiger partial charge on any atom is 0.164 e. The van der Waals surface area contributed by atoms with Crippen molar-refractivity contribution in [2.24, 2.45) is 0 Å². The molecule has 0 unspecified atom stereocenters. The van der Waals surface area contributed by atoms with E-state index in [4.69, 9.17) is 15.0 Å². The van der Waals surface area contributed by atoms with Crippen LogP contribution in [0.3, 0.4) is 0 Å². The summed E-state index contributed by atoms with van der Waals surface area (Å²) in [6, 6.07) is 74.2. The summed E-state index contributed by atoms with van der Waals surface area (Å²) in [5.41, 5.74) is 14.4. The van der Waals surface area contributed by atoms with E-state index in [9.17, 15) is 0 Å². The van der Waals surface area contributed by atoms with Gasteiger partial charge in [0.15, 0.2) is 17.5 Å². The largest absolute Gasteiger partial charge is 0.208 e. The third-order valence-corrected chi connectivity index (χ3v) is 9.76. The maximum absolute atomic E-state index is 5.07. The molecule has 0 saturated carbocycles. The standard InChI is InChI=1S/C51H35N3/c1-4-13-36(14-5-1)39-25-29-41(30-26-39)49-52-50(54-51(53-49)48-24-12-21-45(35-48)38-17-8-3-9-18-38)42-31-27-40(28-32-42)44-20-11-23-47(34-44)46-22-10-19-43(33-46)37-15-6-2-7-16-37/h1-35H. The van der Waals surface area contributed by atoms with Crippen LogP contribution in [0.5, 0.6) is 0 Å². The van der Waals surface area contributed by atoms with Crippen LogP contribution in [-0.4, -0.2) is 15.0 Å². The number of hydrogen-bond donors (Lipinski definition) is 0. The van der Waals surface area contributed by atoms with Crippen molar-refractivity contribution < 1.29 is 0 Å². The fraction of sp³-hybridized carbons (Fsp3) is 0. The van der Waals surface area contributed by atoms with Crippen molar-refractivity contribution in [2.45, 2.75) is 0 Å². The van der Waals surface area contributed by atoms with Gasteiger partial charge in [-0.1, -0.05) is 194 Å². The van der Waals surface area contributed by atoms with Gasteiger partial charge >= 0.3 is 0 Å². The van der Waals surface area contributed by atoms with E-state index in [-0.39, 0.29) is 0 Å². The number of aromatic nitrogens is 3. The lowest BCUT2D eigenvalue weighted by atomic mass is 9.96. The summed E-state index contributed by atoms with van der Waals surface area (Å²) in [5, 5.41) is 0. The summed E-state index contributed by atoms with van der Waals surface area (Å²) in [6.07, 6.45) is 0. The Morgan fingerprint density at radius 3 is 0.778 bits per heavy atom. The predicted octanol–water partition coefficient (Wildman–Crippen LogP) is 13.2. The maximum atomic E-state index is 5.07. The van der Waals surface area contributed by atoms with Gasteiger partial charge in [-0.05, 0) is 73.8 Å². The Balaban J connectivity index is 1.07. The van der Waals surface area contributed by atoms with E-state index in [1.54, 1.807) is 0 Å². The van der Waals surface area contributed by atoms with Crippen molar-refractivity contribution in [3.05, 3.63) is 212 Å². The van der Waals surface area contributed by atoms with Gasteiger partial charge in [0, 0.05) is 16.7 Å².